The van der Waals surface area contributed by atoms with Gasteiger partial charge in [0.05, 0.1) is 49.9 Å². The number of rotatable bonds is 20. The zero-order chi connectivity index (χ0) is 35.0. The summed E-state index contributed by atoms with van der Waals surface area (Å²) in [5.41, 5.74) is -0.953. The molecule has 0 spiro atoms. The summed E-state index contributed by atoms with van der Waals surface area (Å²) in [6.45, 7) is 4.53. The number of carbonyl (C=O) groups is 6. The highest BCUT2D eigenvalue weighted by atomic mass is 127. The van der Waals surface area contributed by atoms with Crippen LogP contribution in [-0.2, 0) is 49.3 Å². The van der Waals surface area contributed by atoms with Crippen LogP contribution in [0.2, 0.25) is 0 Å². The fraction of sp³-hybridized carbons (Fsp3) is 0.516. The van der Waals surface area contributed by atoms with Crippen LogP contribution in [0.3, 0.4) is 0 Å². The lowest BCUT2D eigenvalue weighted by Gasteiger charge is -2.31. The Kier molecular flexibility index (Phi) is 16.9. The number of carbonyl (C=O) groups excluding carboxylic acids is 6. The van der Waals surface area contributed by atoms with E-state index in [-0.39, 0.29) is 43.5 Å². The molecule has 0 aliphatic rings. The Morgan fingerprint density at radius 2 is 1.47 bits per heavy atom. The Balaban J connectivity index is 2.26. The Labute approximate surface area is 291 Å². The maximum Gasteiger partial charge on any atom is 0.307 e. The van der Waals surface area contributed by atoms with E-state index in [9.17, 15) is 28.8 Å². The van der Waals surface area contributed by atoms with Crippen molar-refractivity contribution in [2.45, 2.75) is 63.8 Å². The Bertz CT molecular complexity index is 1380. The molecule has 0 saturated carbocycles. The molecule has 14 nitrogen and oxygen atoms in total. The second kappa shape index (κ2) is 20.0. The molecule has 4 atom stereocenters. The number of halogens is 1. The summed E-state index contributed by atoms with van der Waals surface area (Å²) in [6, 6.07) is 5.26. The lowest BCUT2D eigenvalue weighted by Crippen LogP contribution is -2.60. The molecule has 1 unspecified atom stereocenters. The molecule has 0 fully saturated rings. The minimum absolute atomic E-state index is 0.0439. The van der Waals surface area contributed by atoms with Crippen molar-refractivity contribution in [3.05, 3.63) is 52.0 Å². The third-order valence-electron chi connectivity index (χ3n) is 6.64. The monoisotopic (exact) mass is 788 g/mol. The van der Waals surface area contributed by atoms with Gasteiger partial charge in [0, 0.05) is 18.6 Å². The predicted octanol–water partition coefficient (Wildman–Crippen LogP) is 1.70. The zero-order valence-corrected chi connectivity index (χ0v) is 29.9. The van der Waals surface area contributed by atoms with Crippen LogP contribution in [0.15, 0.2) is 36.5 Å². The molecule has 0 bridgehead atoms. The highest BCUT2D eigenvalue weighted by Gasteiger charge is 2.42. The number of nitrogens with zero attached hydrogens (tertiary/aromatic N) is 1. The Morgan fingerprint density at radius 1 is 0.894 bits per heavy atom. The molecular formula is C31H41IN4O10S. The first-order chi connectivity index (χ1) is 22.4. The van der Waals surface area contributed by atoms with Gasteiger partial charge in [0.15, 0.2) is 11.4 Å². The Morgan fingerprint density at radius 3 is 2.00 bits per heavy atom. The molecule has 0 radical (unpaired) electrons. The van der Waals surface area contributed by atoms with E-state index in [1.165, 1.54) is 27.3 Å². The van der Waals surface area contributed by atoms with Crippen LogP contribution in [-0.4, -0.2) is 103 Å². The van der Waals surface area contributed by atoms with Crippen molar-refractivity contribution in [1.82, 2.24) is 20.9 Å². The number of Topliss-reactive ketones (excluding diaryl/α,β-unsaturated/α-hetero) is 1. The van der Waals surface area contributed by atoms with Gasteiger partial charge in [0.1, 0.15) is 17.0 Å². The van der Waals surface area contributed by atoms with Crippen molar-refractivity contribution in [3.63, 3.8) is 0 Å². The highest BCUT2D eigenvalue weighted by Crippen LogP contribution is 2.21. The number of ketones is 1. The number of alkyl halides is 1. The molecule has 2 rings (SSSR count). The average Bonchev–Trinajstić information content (AvgIpc) is 3.49. The van der Waals surface area contributed by atoms with E-state index in [4.69, 9.17) is 18.9 Å². The highest BCUT2D eigenvalue weighted by molar-refractivity contribution is 14.1. The number of nitrogens with one attached hydrogen (secondary N) is 3. The van der Waals surface area contributed by atoms with Crippen molar-refractivity contribution in [2.75, 3.05) is 38.5 Å². The van der Waals surface area contributed by atoms with Gasteiger partial charge in [-0.15, -0.1) is 11.3 Å². The number of hydrogen-bond donors (Lipinski definition) is 3. The minimum atomic E-state index is -1.66. The molecule has 2 aromatic rings. The summed E-state index contributed by atoms with van der Waals surface area (Å²) < 4.78 is 20.8. The van der Waals surface area contributed by atoms with Crippen LogP contribution < -0.4 is 16.0 Å². The quantitative estimate of drug-likeness (QED) is 0.101. The van der Waals surface area contributed by atoms with Crippen LogP contribution in [0.5, 0.6) is 0 Å². The third-order valence-corrected chi connectivity index (χ3v) is 9.00. The maximum atomic E-state index is 14.0. The SMILES string of the molecule is CCOC(=O)CCC(=O)OC(C)(CI)C(=O)[C@H](Cc1ccccc1)NC(=O)[C@H](COC)NC(=O)[C@H](COC)NC(=O)c1cnc(C)s1. The number of esters is 2. The largest absolute Gasteiger partial charge is 0.466 e. The summed E-state index contributed by atoms with van der Waals surface area (Å²) in [5, 5.41) is 8.53. The van der Waals surface area contributed by atoms with Gasteiger partial charge >= 0.3 is 11.9 Å². The first kappa shape index (κ1) is 39.7. The number of benzene rings is 1. The summed E-state index contributed by atoms with van der Waals surface area (Å²) in [7, 11) is 2.69. The molecule has 0 aliphatic carbocycles. The molecule has 3 N–H and O–H groups in total. The van der Waals surface area contributed by atoms with E-state index in [0.717, 1.165) is 11.3 Å². The molecule has 16 heteroatoms. The lowest BCUT2D eigenvalue weighted by atomic mass is 9.92. The van der Waals surface area contributed by atoms with Crippen molar-refractivity contribution in [3.8, 4) is 0 Å². The summed E-state index contributed by atoms with van der Waals surface area (Å²) in [5.74, 6) is -3.96. The molecular weight excluding hydrogens is 747 g/mol. The molecule has 0 saturated heterocycles. The standard InChI is InChI=1S/C31H41IN4O10S/c1-6-45-25(37)12-13-26(38)46-31(3,18-32)27(39)21(14-20-10-8-7-9-11-20)34-28(40)22(16-43-4)35-29(41)23(17-44-5)36-30(42)24-15-33-19(2)47-24/h7-11,15,21-23H,6,12-14,16-18H2,1-5H3,(H,34,40)(H,35,41)(H,36,42)/t21-,22-,23-,31?/m0/s1. The number of aryl methyl sites for hydroxylation is 1. The second-order valence-corrected chi connectivity index (χ2v) is 12.5. The van der Waals surface area contributed by atoms with Gasteiger partial charge in [-0.05, 0) is 32.8 Å². The van der Waals surface area contributed by atoms with Crippen molar-refractivity contribution in [1.29, 1.82) is 0 Å². The van der Waals surface area contributed by atoms with Gasteiger partial charge in [0.2, 0.25) is 11.8 Å². The number of ether oxygens (including phenoxy) is 4. The van der Waals surface area contributed by atoms with E-state index >= 15 is 0 Å². The Hall–Kier alpha value is -3.48. The summed E-state index contributed by atoms with van der Waals surface area (Å²) in [6.07, 6.45) is 0.929. The van der Waals surface area contributed by atoms with E-state index in [2.05, 4.69) is 20.9 Å². The van der Waals surface area contributed by atoms with Crippen molar-refractivity contribution >= 4 is 69.4 Å². The maximum absolute atomic E-state index is 14.0. The molecule has 47 heavy (non-hydrogen) atoms. The minimum Gasteiger partial charge on any atom is -0.466 e. The molecule has 1 aromatic heterocycles. The van der Waals surface area contributed by atoms with Crippen LogP contribution in [0.1, 0.15) is 46.9 Å². The van der Waals surface area contributed by atoms with E-state index in [0.29, 0.717) is 15.4 Å². The van der Waals surface area contributed by atoms with Gasteiger partial charge in [0.25, 0.3) is 5.91 Å². The molecule has 1 heterocycles. The fourth-order valence-electron chi connectivity index (χ4n) is 4.25. The van der Waals surface area contributed by atoms with E-state index < -0.39 is 59.2 Å². The average molecular weight is 789 g/mol. The summed E-state index contributed by atoms with van der Waals surface area (Å²) in [4.78, 5) is 82.3. The number of hydrogen-bond acceptors (Lipinski definition) is 12. The number of aromatic nitrogens is 1. The molecule has 258 valence electrons. The second-order valence-electron chi connectivity index (χ2n) is 10.5. The van der Waals surface area contributed by atoms with Crippen LogP contribution in [0.4, 0.5) is 0 Å². The van der Waals surface area contributed by atoms with Gasteiger partial charge in [-0.2, -0.15) is 0 Å². The zero-order valence-electron chi connectivity index (χ0n) is 27.0. The summed E-state index contributed by atoms with van der Waals surface area (Å²) >= 11 is 3.07. The third kappa shape index (κ3) is 12.9. The van der Waals surface area contributed by atoms with Crippen LogP contribution >= 0.6 is 33.9 Å². The first-order valence-electron chi connectivity index (χ1n) is 14.7. The van der Waals surface area contributed by atoms with Gasteiger partial charge in [-0.25, -0.2) is 4.98 Å². The fourth-order valence-corrected chi connectivity index (χ4v) is 5.46. The topological polar surface area (TPSA) is 188 Å². The normalized spacial score (nSPS) is 14.1. The van der Waals surface area contributed by atoms with E-state index in [1.54, 1.807) is 44.2 Å². The number of amides is 3. The van der Waals surface area contributed by atoms with Gasteiger partial charge in [-0.1, -0.05) is 52.9 Å². The molecule has 3 amide bonds. The van der Waals surface area contributed by atoms with Gasteiger partial charge in [-0.3, -0.25) is 28.8 Å². The predicted molar refractivity (Wildman–Crippen MR) is 180 cm³/mol. The lowest BCUT2D eigenvalue weighted by molar-refractivity contribution is -0.165. The number of methoxy groups -OCH3 is 2. The van der Waals surface area contributed by atoms with Crippen molar-refractivity contribution in [2.24, 2.45) is 0 Å². The molecule has 1 aromatic carbocycles. The van der Waals surface area contributed by atoms with Crippen LogP contribution in [0, 0.1) is 6.92 Å². The number of thiazole rings is 1. The van der Waals surface area contributed by atoms with E-state index in [1.807, 2.05) is 22.6 Å². The van der Waals surface area contributed by atoms with Crippen molar-refractivity contribution < 1.29 is 47.7 Å². The smallest absolute Gasteiger partial charge is 0.307 e. The molecule has 0 aliphatic heterocycles. The van der Waals surface area contributed by atoms with Gasteiger partial charge < -0.3 is 34.9 Å². The van der Waals surface area contributed by atoms with Crippen LogP contribution in [0.25, 0.3) is 0 Å². The first-order valence-corrected chi connectivity index (χ1v) is 17.0.